The van der Waals surface area contributed by atoms with Gasteiger partial charge in [0.05, 0.1) is 0 Å². The topological polar surface area (TPSA) is 57.3 Å². The van der Waals surface area contributed by atoms with E-state index < -0.39 is 0 Å². The molecular weight excluding hydrogens is 264 g/mol. The number of pyridine rings is 1. The van der Waals surface area contributed by atoms with Crippen LogP contribution < -0.4 is 15.5 Å². The summed E-state index contributed by atoms with van der Waals surface area (Å²) in [6.07, 6.45) is 6.17. The Labute approximate surface area is 127 Å². The molecule has 1 unspecified atom stereocenters. The molecule has 1 aliphatic rings. The lowest BCUT2D eigenvalue weighted by Crippen LogP contribution is -2.49. The monoisotopic (exact) mass is 290 g/mol. The predicted octanol–water partition coefficient (Wildman–Crippen LogP) is 1.69. The van der Waals surface area contributed by atoms with Crippen molar-refractivity contribution >= 4 is 11.7 Å². The first kappa shape index (κ1) is 15.8. The van der Waals surface area contributed by atoms with E-state index in [4.69, 9.17) is 0 Å². The van der Waals surface area contributed by atoms with Gasteiger partial charge < -0.3 is 15.5 Å². The molecule has 0 bridgehead atoms. The first-order valence-electron chi connectivity index (χ1n) is 7.90. The van der Waals surface area contributed by atoms with Gasteiger partial charge in [-0.3, -0.25) is 4.79 Å². The summed E-state index contributed by atoms with van der Waals surface area (Å²) in [6, 6.07) is 4.05. The van der Waals surface area contributed by atoms with E-state index >= 15 is 0 Å². The van der Waals surface area contributed by atoms with Crippen molar-refractivity contribution in [2.24, 2.45) is 0 Å². The third-order valence-corrected chi connectivity index (χ3v) is 3.91. The van der Waals surface area contributed by atoms with Crippen LogP contribution >= 0.6 is 0 Å². The minimum absolute atomic E-state index is 0.0830. The average molecular weight is 290 g/mol. The van der Waals surface area contributed by atoms with Crippen molar-refractivity contribution in [1.82, 2.24) is 15.6 Å². The smallest absolute Gasteiger partial charge is 0.242 e. The van der Waals surface area contributed by atoms with E-state index in [1.807, 2.05) is 12.3 Å². The molecule has 1 aliphatic heterocycles. The summed E-state index contributed by atoms with van der Waals surface area (Å²) in [5, 5.41) is 6.13. The second-order valence-corrected chi connectivity index (χ2v) is 5.52. The number of aromatic nitrogens is 1. The van der Waals surface area contributed by atoms with E-state index in [9.17, 15) is 4.79 Å². The number of carbonyl (C=O) groups is 1. The molecule has 5 nitrogen and oxygen atoms in total. The molecule has 5 heteroatoms. The highest BCUT2D eigenvalue weighted by Crippen LogP contribution is 2.23. The highest BCUT2D eigenvalue weighted by atomic mass is 16.2. The van der Waals surface area contributed by atoms with Crippen molar-refractivity contribution < 1.29 is 4.79 Å². The number of nitrogens with zero attached hydrogens (tertiary/aromatic N) is 2. The maximum Gasteiger partial charge on any atom is 0.242 e. The summed E-state index contributed by atoms with van der Waals surface area (Å²) in [6.45, 7) is 4.93. The minimum atomic E-state index is -0.0830. The lowest BCUT2D eigenvalue weighted by Gasteiger charge is -2.35. The zero-order chi connectivity index (χ0) is 15.1. The number of hydrogen-bond donors (Lipinski definition) is 2. The van der Waals surface area contributed by atoms with Gasteiger partial charge in [-0.2, -0.15) is 0 Å². The van der Waals surface area contributed by atoms with Gasteiger partial charge in [-0.15, -0.1) is 0 Å². The summed E-state index contributed by atoms with van der Waals surface area (Å²) < 4.78 is 0. The van der Waals surface area contributed by atoms with Crippen LogP contribution in [0.1, 0.15) is 38.2 Å². The Morgan fingerprint density at radius 2 is 2.29 bits per heavy atom. The molecule has 1 fully saturated rings. The van der Waals surface area contributed by atoms with Gasteiger partial charge in [0, 0.05) is 26.3 Å². The first-order chi connectivity index (χ1) is 10.3. The highest BCUT2D eigenvalue weighted by molar-refractivity contribution is 5.84. The Morgan fingerprint density at radius 3 is 2.95 bits per heavy atom. The van der Waals surface area contributed by atoms with Gasteiger partial charge in [-0.05, 0) is 43.9 Å². The number of nitrogens with one attached hydrogen (secondary N) is 2. The molecule has 0 aromatic carbocycles. The summed E-state index contributed by atoms with van der Waals surface area (Å²) in [4.78, 5) is 18.7. The van der Waals surface area contributed by atoms with Crippen molar-refractivity contribution in [3.8, 4) is 0 Å². The van der Waals surface area contributed by atoms with Gasteiger partial charge >= 0.3 is 0 Å². The lowest BCUT2D eigenvalue weighted by molar-refractivity contribution is -0.122. The zero-order valence-electron chi connectivity index (χ0n) is 13.1. The van der Waals surface area contributed by atoms with Crippen LogP contribution in [0.2, 0.25) is 0 Å². The molecular formula is C16H26N4O. The molecule has 2 rings (SSSR count). The van der Waals surface area contributed by atoms with Crippen molar-refractivity contribution in [2.45, 2.75) is 45.2 Å². The van der Waals surface area contributed by atoms with E-state index in [-0.39, 0.29) is 11.9 Å². The molecule has 2 heterocycles. The van der Waals surface area contributed by atoms with Crippen LogP contribution in [0, 0.1) is 0 Å². The van der Waals surface area contributed by atoms with E-state index in [0.717, 1.165) is 51.1 Å². The van der Waals surface area contributed by atoms with Gasteiger partial charge in [-0.1, -0.05) is 13.0 Å². The molecule has 0 spiro atoms. The Kier molecular flexibility index (Phi) is 5.99. The number of rotatable bonds is 6. The number of likely N-dealkylation sites (N-methyl/N-ethyl adjacent to an activating group) is 1. The van der Waals surface area contributed by atoms with Gasteiger partial charge in [0.15, 0.2) is 0 Å². The second-order valence-electron chi connectivity index (χ2n) is 5.52. The SMILES string of the molecule is CCCNCc1ccc(N2CCCCC2C(=O)NC)nc1. The second kappa shape index (κ2) is 7.98. The van der Waals surface area contributed by atoms with Crippen LogP contribution in [0.15, 0.2) is 18.3 Å². The summed E-state index contributed by atoms with van der Waals surface area (Å²) >= 11 is 0. The molecule has 1 atom stereocenters. The third-order valence-electron chi connectivity index (χ3n) is 3.91. The number of anilines is 1. The van der Waals surface area contributed by atoms with Gasteiger partial charge in [0.2, 0.25) is 5.91 Å². The van der Waals surface area contributed by atoms with E-state index in [1.165, 1.54) is 5.56 Å². The maximum absolute atomic E-state index is 12.0. The largest absolute Gasteiger partial charge is 0.357 e. The number of piperidine rings is 1. The van der Waals surface area contributed by atoms with E-state index in [0.29, 0.717) is 0 Å². The van der Waals surface area contributed by atoms with Crippen LogP contribution in [0.4, 0.5) is 5.82 Å². The fraction of sp³-hybridized carbons (Fsp3) is 0.625. The highest BCUT2D eigenvalue weighted by Gasteiger charge is 2.28. The standard InChI is InChI=1S/C16H26N4O/c1-3-9-18-11-13-7-8-15(19-12-13)20-10-5-4-6-14(20)16(21)17-2/h7-8,12,14,18H,3-6,9-11H2,1-2H3,(H,17,21). The molecule has 1 saturated heterocycles. The average Bonchev–Trinajstić information content (AvgIpc) is 2.55. The molecule has 1 aromatic rings. The minimum Gasteiger partial charge on any atom is -0.357 e. The van der Waals surface area contributed by atoms with Crippen molar-refractivity contribution in [1.29, 1.82) is 0 Å². The van der Waals surface area contributed by atoms with Crippen LogP contribution in [0.25, 0.3) is 0 Å². The van der Waals surface area contributed by atoms with E-state index in [2.05, 4.69) is 33.5 Å². The Morgan fingerprint density at radius 1 is 1.43 bits per heavy atom. The fourth-order valence-electron chi connectivity index (χ4n) is 2.75. The Balaban J connectivity index is 2.03. The molecule has 0 radical (unpaired) electrons. The molecule has 2 N–H and O–H groups in total. The first-order valence-corrected chi connectivity index (χ1v) is 7.90. The normalized spacial score (nSPS) is 18.6. The van der Waals surface area contributed by atoms with Crippen molar-refractivity contribution in [2.75, 3.05) is 25.0 Å². The number of amides is 1. The van der Waals surface area contributed by atoms with Crippen LogP contribution in [0.3, 0.4) is 0 Å². The zero-order valence-corrected chi connectivity index (χ0v) is 13.1. The summed E-state index contributed by atoms with van der Waals surface area (Å²) in [5.74, 6) is 0.993. The molecule has 1 amide bonds. The fourth-order valence-corrected chi connectivity index (χ4v) is 2.75. The quantitative estimate of drug-likeness (QED) is 0.783. The van der Waals surface area contributed by atoms with Crippen LogP contribution in [-0.4, -0.2) is 37.1 Å². The van der Waals surface area contributed by atoms with Gasteiger partial charge in [0.25, 0.3) is 0 Å². The van der Waals surface area contributed by atoms with Crippen LogP contribution in [0.5, 0.6) is 0 Å². The Bertz CT molecular complexity index is 446. The summed E-state index contributed by atoms with van der Waals surface area (Å²) in [7, 11) is 1.70. The van der Waals surface area contributed by atoms with Crippen molar-refractivity contribution in [3.63, 3.8) is 0 Å². The third kappa shape index (κ3) is 4.17. The van der Waals surface area contributed by atoms with E-state index in [1.54, 1.807) is 7.05 Å². The summed E-state index contributed by atoms with van der Waals surface area (Å²) in [5.41, 5.74) is 1.18. The number of hydrogen-bond acceptors (Lipinski definition) is 4. The Hall–Kier alpha value is -1.62. The number of carbonyl (C=O) groups excluding carboxylic acids is 1. The maximum atomic E-state index is 12.0. The van der Waals surface area contributed by atoms with Gasteiger partial charge in [0.1, 0.15) is 11.9 Å². The van der Waals surface area contributed by atoms with Gasteiger partial charge in [-0.25, -0.2) is 4.98 Å². The van der Waals surface area contributed by atoms with Crippen LogP contribution in [-0.2, 0) is 11.3 Å². The van der Waals surface area contributed by atoms with Crippen molar-refractivity contribution in [3.05, 3.63) is 23.9 Å². The molecule has 0 saturated carbocycles. The molecule has 116 valence electrons. The molecule has 21 heavy (non-hydrogen) atoms. The molecule has 0 aliphatic carbocycles. The lowest BCUT2D eigenvalue weighted by atomic mass is 10.0. The molecule has 1 aromatic heterocycles. The predicted molar refractivity (Wildman–Crippen MR) is 85.3 cm³/mol.